The highest BCUT2D eigenvalue weighted by atomic mass is 32.2. The first-order chi connectivity index (χ1) is 8.67. The molecule has 0 saturated carbocycles. The molecular weight excluding hydrogens is 242 g/mol. The van der Waals surface area contributed by atoms with E-state index < -0.39 is 0 Å². The van der Waals surface area contributed by atoms with E-state index in [-0.39, 0.29) is 6.04 Å². The summed E-state index contributed by atoms with van der Waals surface area (Å²) in [5, 5.41) is 14.5. The Kier molecular flexibility index (Phi) is 3.73. The lowest BCUT2D eigenvalue weighted by atomic mass is 10.1. The summed E-state index contributed by atoms with van der Waals surface area (Å²) >= 11 is 1.50. The van der Waals surface area contributed by atoms with E-state index in [1.807, 2.05) is 30.5 Å². The van der Waals surface area contributed by atoms with Crippen molar-refractivity contribution in [3.05, 3.63) is 29.8 Å². The van der Waals surface area contributed by atoms with E-state index >= 15 is 0 Å². The third-order valence-corrected chi connectivity index (χ3v) is 3.28. The monoisotopic (exact) mass is 257 g/mol. The molecule has 0 unspecified atom stereocenters. The molecule has 0 bridgehead atoms. The molecule has 1 N–H and O–H groups in total. The number of anilines is 1. The van der Waals surface area contributed by atoms with Crippen LogP contribution in [0.2, 0.25) is 0 Å². The fourth-order valence-electron chi connectivity index (χ4n) is 1.88. The summed E-state index contributed by atoms with van der Waals surface area (Å²) in [6.45, 7) is 4.13. The van der Waals surface area contributed by atoms with Crippen LogP contribution in [-0.2, 0) is 0 Å². The molecule has 0 atom stereocenters. The molecule has 0 spiro atoms. The number of para-hydroxylation sites is 1. The highest BCUT2D eigenvalue weighted by Gasteiger charge is 2.14. The quantitative estimate of drug-likeness (QED) is 0.853. The number of nitrogens with one attached hydrogen (secondary N) is 1. The maximum absolute atomic E-state index is 9.36. The van der Waals surface area contributed by atoms with E-state index in [9.17, 15) is 5.26 Å². The van der Waals surface area contributed by atoms with Crippen LogP contribution >= 0.6 is 11.8 Å². The second-order valence-corrected chi connectivity index (χ2v) is 5.09. The first kappa shape index (κ1) is 12.7. The van der Waals surface area contributed by atoms with Gasteiger partial charge in [0.2, 0.25) is 0 Å². The van der Waals surface area contributed by atoms with Gasteiger partial charge < -0.3 is 5.32 Å². The number of hydrogen-bond acceptors (Lipinski definition) is 4. The lowest BCUT2D eigenvalue weighted by molar-refractivity contribution is 0.898. The van der Waals surface area contributed by atoms with Crippen molar-refractivity contribution in [1.82, 2.24) is 4.98 Å². The van der Waals surface area contributed by atoms with Gasteiger partial charge in [-0.25, -0.2) is 4.98 Å². The summed E-state index contributed by atoms with van der Waals surface area (Å²) in [6.07, 6.45) is 1.94. The molecule has 0 saturated heterocycles. The van der Waals surface area contributed by atoms with Crippen molar-refractivity contribution in [2.45, 2.75) is 24.9 Å². The van der Waals surface area contributed by atoms with Crippen molar-refractivity contribution in [2.24, 2.45) is 0 Å². The first-order valence-corrected chi connectivity index (χ1v) is 7.03. The van der Waals surface area contributed by atoms with Gasteiger partial charge in [0.05, 0.1) is 11.2 Å². The molecule has 0 aliphatic heterocycles. The van der Waals surface area contributed by atoms with Gasteiger partial charge in [-0.1, -0.05) is 18.2 Å². The molecule has 1 aromatic heterocycles. The van der Waals surface area contributed by atoms with Crippen molar-refractivity contribution < 1.29 is 0 Å². The molecule has 1 aromatic carbocycles. The molecule has 2 aromatic rings. The molecule has 0 amide bonds. The third kappa shape index (κ3) is 2.27. The average Bonchev–Trinajstić information content (AvgIpc) is 2.37. The van der Waals surface area contributed by atoms with Gasteiger partial charge in [-0.05, 0) is 26.2 Å². The van der Waals surface area contributed by atoms with Crippen LogP contribution in [0.3, 0.4) is 0 Å². The van der Waals surface area contributed by atoms with Crippen LogP contribution in [0.5, 0.6) is 0 Å². The van der Waals surface area contributed by atoms with E-state index in [1.54, 1.807) is 0 Å². The number of aromatic nitrogens is 1. The van der Waals surface area contributed by atoms with Gasteiger partial charge in [-0.2, -0.15) is 5.26 Å². The molecule has 3 nitrogen and oxygen atoms in total. The van der Waals surface area contributed by atoms with E-state index in [1.165, 1.54) is 11.8 Å². The Morgan fingerprint density at radius 1 is 1.33 bits per heavy atom. The second kappa shape index (κ2) is 5.28. The maximum Gasteiger partial charge on any atom is 0.116 e. The van der Waals surface area contributed by atoms with Crippen molar-refractivity contribution >= 4 is 28.4 Å². The van der Waals surface area contributed by atoms with Gasteiger partial charge in [0.15, 0.2) is 0 Å². The number of benzene rings is 1. The van der Waals surface area contributed by atoms with Crippen LogP contribution < -0.4 is 5.32 Å². The van der Waals surface area contributed by atoms with E-state index in [4.69, 9.17) is 0 Å². The lowest BCUT2D eigenvalue weighted by Gasteiger charge is -2.16. The normalized spacial score (nSPS) is 10.6. The Morgan fingerprint density at radius 3 is 2.67 bits per heavy atom. The zero-order valence-electron chi connectivity index (χ0n) is 10.7. The van der Waals surface area contributed by atoms with Crippen molar-refractivity contribution in [3.8, 4) is 6.07 Å². The standard InChI is InChI=1S/C14H15N3S/c1-9(2)16-13-10-6-4-5-7-12(10)17-14(18-3)11(13)8-15/h4-7,9H,1-3H3,(H,16,17). The Bertz CT molecular complexity index is 614. The highest BCUT2D eigenvalue weighted by molar-refractivity contribution is 7.98. The van der Waals surface area contributed by atoms with E-state index in [0.717, 1.165) is 21.6 Å². The van der Waals surface area contributed by atoms with Gasteiger partial charge >= 0.3 is 0 Å². The predicted molar refractivity (Wildman–Crippen MR) is 77.0 cm³/mol. The number of fused-ring (bicyclic) bond motifs is 1. The summed E-state index contributed by atoms with van der Waals surface area (Å²) in [4.78, 5) is 4.53. The van der Waals surface area contributed by atoms with Crippen LogP contribution in [0, 0.1) is 11.3 Å². The van der Waals surface area contributed by atoms with Gasteiger partial charge in [0.25, 0.3) is 0 Å². The molecule has 0 radical (unpaired) electrons. The zero-order valence-corrected chi connectivity index (χ0v) is 11.5. The molecule has 92 valence electrons. The molecular formula is C14H15N3S. The van der Waals surface area contributed by atoms with Crippen LogP contribution in [0.15, 0.2) is 29.3 Å². The molecule has 0 aliphatic carbocycles. The van der Waals surface area contributed by atoms with Crippen molar-refractivity contribution in [2.75, 3.05) is 11.6 Å². The fraction of sp³-hybridized carbons (Fsp3) is 0.286. The SMILES string of the molecule is CSc1nc2ccccc2c(NC(C)C)c1C#N. The van der Waals surface area contributed by atoms with Crippen LogP contribution in [0.4, 0.5) is 5.69 Å². The predicted octanol–water partition coefficient (Wildman–Crippen LogP) is 3.65. The number of nitrogens with zero attached hydrogens (tertiary/aromatic N) is 2. The number of thioether (sulfide) groups is 1. The lowest BCUT2D eigenvalue weighted by Crippen LogP contribution is -2.12. The van der Waals surface area contributed by atoms with Crippen molar-refractivity contribution in [3.63, 3.8) is 0 Å². The Morgan fingerprint density at radius 2 is 2.06 bits per heavy atom. The number of rotatable bonds is 3. The fourth-order valence-corrected chi connectivity index (χ4v) is 2.42. The topological polar surface area (TPSA) is 48.7 Å². The molecule has 18 heavy (non-hydrogen) atoms. The number of hydrogen-bond donors (Lipinski definition) is 1. The average molecular weight is 257 g/mol. The van der Waals surface area contributed by atoms with Crippen molar-refractivity contribution in [1.29, 1.82) is 5.26 Å². The van der Waals surface area contributed by atoms with Crippen LogP contribution in [0.1, 0.15) is 19.4 Å². The minimum Gasteiger partial charge on any atom is -0.381 e. The van der Waals surface area contributed by atoms with Crippen LogP contribution in [0.25, 0.3) is 10.9 Å². The molecule has 0 aliphatic rings. The molecule has 2 rings (SSSR count). The van der Waals surface area contributed by atoms with Gasteiger partial charge in [0, 0.05) is 11.4 Å². The second-order valence-electron chi connectivity index (χ2n) is 4.30. The smallest absolute Gasteiger partial charge is 0.116 e. The van der Waals surface area contributed by atoms with Gasteiger partial charge in [0.1, 0.15) is 16.7 Å². The molecule has 4 heteroatoms. The van der Waals surface area contributed by atoms with Gasteiger partial charge in [-0.3, -0.25) is 0 Å². The minimum atomic E-state index is 0.276. The first-order valence-electron chi connectivity index (χ1n) is 5.80. The summed E-state index contributed by atoms with van der Waals surface area (Å²) < 4.78 is 0. The highest BCUT2D eigenvalue weighted by Crippen LogP contribution is 2.32. The number of nitriles is 1. The zero-order chi connectivity index (χ0) is 13.1. The Balaban J connectivity index is 2.79. The Labute approximate surface area is 111 Å². The summed E-state index contributed by atoms with van der Waals surface area (Å²) in [6, 6.07) is 10.4. The largest absolute Gasteiger partial charge is 0.381 e. The summed E-state index contributed by atoms with van der Waals surface area (Å²) in [5.74, 6) is 0. The summed E-state index contributed by atoms with van der Waals surface area (Å²) in [5.41, 5.74) is 2.45. The van der Waals surface area contributed by atoms with E-state index in [0.29, 0.717) is 5.56 Å². The Hall–Kier alpha value is -1.73. The minimum absolute atomic E-state index is 0.276. The van der Waals surface area contributed by atoms with Crippen LogP contribution in [-0.4, -0.2) is 17.3 Å². The number of pyridine rings is 1. The third-order valence-electron chi connectivity index (χ3n) is 2.60. The summed E-state index contributed by atoms with van der Waals surface area (Å²) in [7, 11) is 0. The molecule has 1 heterocycles. The van der Waals surface area contributed by atoms with Gasteiger partial charge in [-0.15, -0.1) is 11.8 Å². The molecule has 0 fully saturated rings. The maximum atomic E-state index is 9.36. The van der Waals surface area contributed by atoms with E-state index in [2.05, 4.69) is 30.2 Å².